The summed E-state index contributed by atoms with van der Waals surface area (Å²) >= 11 is 0. The lowest BCUT2D eigenvalue weighted by molar-refractivity contribution is -0.128. The van der Waals surface area contributed by atoms with Crippen LogP contribution in [0.1, 0.15) is 37.0 Å². The minimum atomic E-state index is -0.633. The molecule has 3 N–H and O–H groups in total. The van der Waals surface area contributed by atoms with E-state index in [1.165, 1.54) is 18.3 Å². The lowest BCUT2D eigenvalue weighted by atomic mass is 9.85. The van der Waals surface area contributed by atoms with E-state index in [2.05, 4.69) is 34.7 Å². The van der Waals surface area contributed by atoms with Crippen LogP contribution in [-0.4, -0.2) is 58.6 Å². The largest absolute Gasteiger partial charge is 0.354 e. The summed E-state index contributed by atoms with van der Waals surface area (Å²) < 4.78 is 13.6. The molecule has 2 aliphatic heterocycles. The summed E-state index contributed by atoms with van der Waals surface area (Å²) in [5, 5.41) is 13.3. The Kier molecular flexibility index (Phi) is 4.90. The maximum Gasteiger partial charge on any atom is 0.257 e. The Morgan fingerprint density at radius 1 is 1.21 bits per heavy atom. The van der Waals surface area contributed by atoms with E-state index < -0.39 is 5.54 Å². The van der Waals surface area contributed by atoms with Crippen LogP contribution in [0.4, 0.5) is 4.39 Å². The van der Waals surface area contributed by atoms with Crippen LogP contribution >= 0.6 is 0 Å². The second kappa shape index (κ2) is 7.26. The molecule has 1 aromatic carbocycles. The summed E-state index contributed by atoms with van der Waals surface area (Å²) in [6.07, 6.45) is 2.58. The van der Waals surface area contributed by atoms with Crippen molar-refractivity contribution in [2.75, 3.05) is 26.2 Å². The van der Waals surface area contributed by atoms with Gasteiger partial charge in [-0.25, -0.2) is 4.39 Å². The van der Waals surface area contributed by atoms with Gasteiger partial charge in [0.25, 0.3) is 5.91 Å². The number of hydrogen-bond acceptors (Lipinski definition) is 4. The van der Waals surface area contributed by atoms with E-state index in [-0.39, 0.29) is 23.0 Å². The van der Waals surface area contributed by atoms with Crippen LogP contribution in [0.25, 0.3) is 11.3 Å². The first-order valence-electron chi connectivity index (χ1n) is 9.92. The Balaban J connectivity index is 1.49. The number of piperidine rings is 1. The molecule has 2 aromatic rings. The molecule has 0 unspecified atom stereocenters. The Labute approximate surface area is 169 Å². The minimum Gasteiger partial charge on any atom is -0.354 e. The van der Waals surface area contributed by atoms with Gasteiger partial charge < -0.3 is 15.5 Å². The number of likely N-dealkylation sites (tertiary alicyclic amines) is 1. The summed E-state index contributed by atoms with van der Waals surface area (Å²) in [6, 6.07) is 6.07. The van der Waals surface area contributed by atoms with Gasteiger partial charge in [-0.05, 0) is 30.4 Å². The van der Waals surface area contributed by atoms with Crippen LogP contribution in [0.5, 0.6) is 0 Å². The third kappa shape index (κ3) is 3.76. The molecular weight excluding hydrogens is 373 g/mol. The van der Waals surface area contributed by atoms with Crippen molar-refractivity contribution < 1.29 is 14.0 Å². The zero-order valence-corrected chi connectivity index (χ0v) is 16.7. The van der Waals surface area contributed by atoms with E-state index >= 15 is 0 Å². The maximum absolute atomic E-state index is 13.6. The van der Waals surface area contributed by atoms with Gasteiger partial charge in [0, 0.05) is 31.7 Å². The molecule has 8 heteroatoms. The second-order valence-corrected chi connectivity index (χ2v) is 8.74. The molecule has 2 aliphatic rings. The average molecular weight is 399 g/mol. The molecule has 7 nitrogen and oxygen atoms in total. The van der Waals surface area contributed by atoms with E-state index in [1.54, 1.807) is 17.0 Å². The molecule has 0 saturated carbocycles. The van der Waals surface area contributed by atoms with Crippen molar-refractivity contribution in [3.8, 4) is 11.3 Å². The fourth-order valence-corrected chi connectivity index (χ4v) is 4.02. The van der Waals surface area contributed by atoms with E-state index in [0.717, 1.165) is 6.54 Å². The number of aromatic amines is 1. The number of carbonyl (C=O) groups excluding carboxylic acids is 2. The Morgan fingerprint density at radius 3 is 2.69 bits per heavy atom. The zero-order chi connectivity index (χ0) is 20.6. The number of halogens is 1. The van der Waals surface area contributed by atoms with Crippen molar-refractivity contribution in [2.45, 2.75) is 32.2 Å². The highest BCUT2D eigenvalue weighted by Gasteiger charge is 2.45. The van der Waals surface area contributed by atoms with Crippen LogP contribution in [-0.2, 0) is 4.79 Å². The van der Waals surface area contributed by atoms with Crippen LogP contribution < -0.4 is 10.6 Å². The van der Waals surface area contributed by atoms with Gasteiger partial charge in [0.1, 0.15) is 11.4 Å². The number of nitrogens with one attached hydrogen (secondary N) is 3. The normalized spacial score (nSPS) is 20.9. The lowest BCUT2D eigenvalue weighted by Gasteiger charge is -2.40. The number of rotatable bonds is 2. The van der Waals surface area contributed by atoms with Crippen LogP contribution in [0.2, 0.25) is 0 Å². The highest BCUT2D eigenvalue weighted by molar-refractivity contribution is 6.00. The van der Waals surface area contributed by atoms with E-state index in [1.807, 2.05) is 0 Å². The van der Waals surface area contributed by atoms with Crippen LogP contribution in [0.3, 0.4) is 0 Å². The predicted octanol–water partition coefficient (Wildman–Crippen LogP) is 1.94. The lowest BCUT2D eigenvalue weighted by Crippen LogP contribution is -2.61. The molecule has 2 fully saturated rings. The molecule has 1 spiro atoms. The predicted molar refractivity (Wildman–Crippen MR) is 107 cm³/mol. The topological polar surface area (TPSA) is 90.1 Å². The van der Waals surface area contributed by atoms with E-state index in [9.17, 15) is 14.0 Å². The molecule has 2 saturated heterocycles. The molecule has 1 aromatic heterocycles. The number of carbonyl (C=O) groups is 2. The molecule has 0 atom stereocenters. The monoisotopic (exact) mass is 399 g/mol. The van der Waals surface area contributed by atoms with Gasteiger partial charge in [0.05, 0.1) is 17.5 Å². The van der Waals surface area contributed by atoms with Gasteiger partial charge >= 0.3 is 0 Å². The molecule has 0 aliphatic carbocycles. The van der Waals surface area contributed by atoms with Crippen molar-refractivity contribution in [1.29, 1.82) is 0 Å². The second-order valence-electron chi connectivity index (χ2n) is 8.74. The standard InChI is InChI=1S/C21H26FN5O2/c1-20(2)12-23-19(29)21(24-13-20)6-8-27(9-7-21)18(28)16-11-25-26-17(16)14-4-3-5-15(22)10-14/h3-5,10-11,24H,6-9,12-13H2,1-2H3,(H,23,29)(H,25,26). The molecule has 4 rings (SSSR count). The smallest absolute Gasteiger partial charge is 0.257 e. The van der Waals surface area contributed by atoms with Crippen LogP contribution in [0.15, 0.2) is 30.5 Å². The summed E-state index contributed by atoms with van der Waals surface area (Å²) in [5.74, 6) is -0.523. The SMILES string of the molecule is CC1(C)CNC(=O)C2(CCN(C(=O)c3cn[nH]c3-c3cccc(F)c3)CC2)NC1. The van der Waals surface area contributed by atoms with E-state index in [0.29, 0.717) is 49.3 Å². The fraction of sp³-hybridized carbons (Fsp3) is 0.476. The number of nitrogens with zero attached hydrogens (tertiary/aromatic N) is 2. The van der Waals surface area contributed by atoms with Gasteiger partial charge in [-0.2, -0.15) is 5.10 Å². The third-order valence-corrected chi connectivity index (χ3v) is 5.95. The summed E-state index contributed by atoms with van der Waals surface area (Å²) in [6.45, 7) is 6.54. The Bertz CT molecular complexity index is 931. The Hall–Kier alpha value is -2.74. The molecule has 3 heterocycles. The minimum absolute atomic E-state index is 0.0111. The third-order valence-electron chi connectivity index (χ3n) is 5.95. The van der Waals surface area contributed by atoms with Crippen molar-refractivity contribution in [3.05, 3.63) is 41.8 Å². The van der Waals surface area contributed by atoms with Crippen molar-refractivity contribution in [2.24, 2.45) is 5.41 Å². The number of amides is 2. The van der Waals surface area contributed by atoms with Crippen molar-refractivity contribution in [3.63, 3.8) is 0 Å². The average Bonchev–Trinajstić information content (AvgIpc) is 3.17. The highest BCUT2D eigenvalue weighted by Crippen LogP contribution is 2.29. The van der Waals surface area contributed by atoms with Gasteiger partial charge in [-0.15, -0.1) is 0 Å². The first kappa shape index (κ1) is 19.6. The zero-order valence-electron chi connectivity index (χ0n) is 16.7. The number of aromatic nitrogens is 2. The van der Waals surface area contributed by atoms with Gasteiger partial charge in [0.15, 0.2) is 0 Å². The summed E-state index contributed by atoms with van der Waals surface area (Å²) in [5.41, 5.74) is 0.842. The molecule has 0 bridgehead atoms. The quantitative estimate of drug-likeness (QED) is 0.720. The number of H-pyrrole nitrogens is 1. The van der Waals surface area contributed by atoms with Crippen molar-refractivity contribution in [1.82, 2.24) is 25.7 Å². The van der Waals surface area contributed by atoms with Gasteiger partial charge in [-0.3, -0.25) is 14.7 Å². The molecule has 2 amide bonds. The highest BCUT2D eigenvalue weighted by atomic mass is 19.1. The van der Waals surface area contributed by atoms with Gasteiger partial charge in [0.2, 0.25) is 5.91 Å². The Morgan fingerprint density at radius 2 is 1.97 bits per heavy atom. The van der Waals surface area contributed by atoms with Crippen LogP contribution in [0, 0.1) is 11.2 Å². The summed E-state index contributed by atoms with van der Waals surface area (Å²) in [4.78, 5) is 27.6. The number of benzene rings is 1. The molecular formula is C21H26FN5O2. The van der Waals surface area contributed by atoms with Gasteiger partial charge in [-0.1, -0.05) is 26.0 Å². The number of hydrogen-bond donors (Lipinski definition) is 3. The summed E-state index contributed by atoms with van der Waals surface area (Å²) in [7, 11) is 0. The molecule has 29 heavy (non-hydrogen) atoms. The first-order valence-corrected chi connectivity index (χ1v) is 9.92. The molecule has 0 radical (unpaired) electrons. The maximum atomic E-state index is 13.6. The van der Waals surface area contributed by atoms with Crippen molar-refractivity contribution >= 4 is 11.8 Å². The molecule has 154 valence electrons. The fourth-order valence-electron chi connectivity index (χ4n) is 4.02. The van der Waals surface area contributed by atoms with E-state index in [4.69, 9.17) is 0 Å². The first-order chi connectivity index (χ1) is 13.8.